The first-order valence-corrected chi connectivity index (χ1v) is 3.13. The molecule has 11 heavy (non-hydrogen) atoms. The van der Waals surface area contributed by atoms with Crippen molar-refractivity contribution in [2.45, 2.75) is 0 Å². The van der Waals surface area contributed by atoms with E-state index < -0.39 is 5.91 Å². The Hall–Kier alpha value is -1.29. The average molecular weight is 173 g/mol. The number of hydrogen-bond donors (Lipinski definition) is 2. The number of aromatic hydroxyl groups is 1. The van der Waals surface area contributed by atoms with Crippen LogP contribution >= 0.6 is 11.6 Å². The molecule has 58 valence electrons. The molecule has 5 heteroatoms. The fraction of sp³-hybridized carbons (Fsp3) is 0. The zero-order chi connectivity index (χ0) is 8.43. The maximum absolute atomic E-state index is 10.5. The van der Waals surface area contributed by atoms with Gasteiger partial charge >= 0.3 is 0 Å². The monoisotopic (exact) mass is 172 g/mol. The molecule has 0 aromatic carbocycles. The van der Waals surface area contributed by atoms with Crippen LogP contribution in [0.1, 0.15) is 10.5 Å². The molecule has 0 radical (unpaired) electrons. The lowest BCUT2D eigenvalue weighted by atomic mass is 10.3. The number of carbonyl (C=O) groups excluding carboxylic acids is 1. The molecule has 0 aliphatic carbocycles. The molecule has 0 spiro atoms. The van der Waals surface area contributed by atoms with E-state index in [-0.39, 0.29) is 16.5 Å². The van der Waals surface area contributed by atoms with Crippen LogP contribution in [0.5, 0.6) is 5.75 Å². The van der Waals surface area contributed by atoms with E-state index in [2.05, 4.69) is 4.98 Å². The summed E-state index contributed by atoms with van der Waals surface area (Å²) < 4.78 is 0. The zero-order valence-electron chi connectivity index (χ0n) is 5.41. The summed E-state index contributed by atoms with van der Waals surface area (Å²) >= 11 is 5.46. The molecule has 3 N–H and O–H groups in total. The molecule has 1 aromatic heterocycles. The quantitative estimate of drug-likeness (QED) is 0.649. The Morgan fingerprint density at radius 1 is 1.73 bits per heavy atom. The second-order valence-electron chi connectivity index (χ2n) is 1.89. The highest BCUT2D eigenvalue weighted by molar-refractivity contribution is 6.32. The molecular formula is C6H5ClN2O2. The number of primary amides is 1. The SMILES string of the molecule is NC(=O)c1cc(Cl)c(O)cn1. The highest BCUT2D eigenvalue weighted by atomic mass is 35.5. The van der Waals surface area contributed by atoms with Crippen molar-refractivity contribution in [1.82, 2.24) is 4.98 Å². The first-order valence-electron chi connectivity index (χ1n) is 2.75. The van der Waals surface area contributed by atoms with Gasteiger partial charge in [0.05, 0.1) is 11.2 Å². The highest BCUT2D eigenvalue weighted by Crippen LogP contribution is 2.21. The summed E-state index contributed by atoms with van der Waals surface area (Å²) in [7, 11) is 0. The van der Waals surface area contributed by atoms with Gasteiger partial charge in [-0.15, -0.1) is 0 Å². The molecule has 0 aliphatic heterocycles. The number of nitrogens with zero attached hydrogens (tertiary/aromatic N) is 1. The number of pyridine rings is 1. The van der Waals surface area contributed by atoms with Crippen molar-refractivity contribution < 1.29 is 9.90 Å². The van der Waals surface area contributed by atoms with Crippen LogP contribution in [0.2, 0.25) is 5.02 Å². The van der Waals surface area contributed by atoms with Crippen LogP contribution in [0.4, 0.5) is 0 Å². The molecule has 0 aliphatic rings. The third kappa shape index (κ3) is 1.59. The van der Waals surface area contributed by atoms with E-state index in [0.717, 1.165) is 6.20 Å². The minimum atomic E-state index is -0.674. The number of amides is 1. The van der Waals surface area contributed by atoms with E-state index in [1.54, 1.807) is 0 Å². The third-order valence-electron chi connectivity index (χ3n) is 1.09. The van der Waals surface area contributed by atoms with Crippen molar-refractivity contribution in [3.05, 3.63) is 23.0 Å². The summed E-state index contributed by atoms with van der Waals surface area (Å²) in [6.07, 6.45) is 1.07. The fourth-order valence-electron chi connectivity index (χ4n) is 0.558. The average Bonchev–Trinajstić information content (AvgIpc) is 1.94. The standard InChI is InChI=1S/C6H5ClN2O2/c7-3-1-4(6(8)11)9-2-5(3)10/h1-2,10H,(H2,8,11). The van der Waals surface area contributed by atoms with Crippen LogP contribution in [0, 0.1) is 0 Å². The second-order valence-corrected chi connectivity index (χ2v) is 2.29. The molecule has 1 heterocycles. The largest absolute Gasteiger partial charge is 0.505 e. The maximum Gasteiger partial charge on any atom is 0.267 e. The molecule has 0 saturated carbocycles. The molecule has 0 bridgehead atoms. The topological polar surface area (TPSA) is 76.2 Å². The Kier molecular flexibility index (Phi) is 1.96. The van der Waals surface area contributed by atoms with Gasteiger partial charge in [0.15, 0.2) is 5.75 Å². The normalized spacial score (nSPS) is 9.55. The van der Waals surface area contributed by atoms with Gasteiger partial charge in [-0.25, -0.2) is 4.98 Å². The number of carbonyl (C=O) groups is 1. The Morgan fingerprint density at radius 2 is 2.36 bits per heavy atom. The van der Waals surface area contributed by atoms with Gasteiger partial charge in [0.1, 0.15) is 5.69 Å². The van der Waals surface area contributed by atoms with Crippen molar-refractivity contribution >= 4 is 17.5 Å². The highest BCUT2D eigenvalue weighted by Gasteiger charge is 2.04. The Balaban J connectivity index is 3.15. The molecule has 0 saturated heterocycles. The van der Waals surface area contributed by atoms with Crippen LogP contribution in [0.3, 0.4) is 0 Å². The number of rotatable bonds is 1. The fourth-order valence-corrected chi connectivity index (χ4v) is 0.710. The lowest BCUT2D eigenvalue weighted by Crippen LogP contribution is -2.12. The summed E-state index contributed by atoms with van der Waals surface area (Å²) in [6, 6.07) is 1.21. The summed E-state index contributed by atoms with van der Waals surface area (Å²) in [5.41, 5.74) is 4.93. The van der Waals surface area contributed by atoms with Gasteiger partial charge in [-0.05, 0) is 6.07 Å². The summed E-state index contributed by atoms with van der Waals surface area (Å²) in [6.45, 7) is 0. The zero-order valence-corrected chi connectivity index (χ0v) is 6.17. The molecule has 0 atom stereocenters. The predicted octanol–water partition coefficient (Wildman–Crippen LogP) is 0.539. The van der Waals surface area contributed by atoms with Crippen molar-refractivity contribution in [2.24, 2.45) is 5.73 Å². The predicted molar refractivity (Wildman–Crippen MR) is 39.4 cm³/mol. The molecule has 0 fully saturated rings. The van der Waals surface area contributed by atoms with Crippen LogP contribution in [0.15, 0.2) is 12.3 Å². The van der Waals surface area contributed by atoms with Crippen LogP contribution in [0.25, 0.3) is 0 Å². The molecule has 4 nitrogen and oxygen atoms in total. The lowest BCUT2D eigenvalue weighted by Gasteiger charge is -1.96. The molecular weight excluding hydrogens is 168 g/mol. The van der Waals surface area contributed by atoms with Gasteiger partial charge in [-0.2, -0.15) is 0 Å². The minimum absolute atomic E-state index is 0.0350. The first-order chi connectivity index (χ1) is 5.11. The molecule has 0 unspecified atom stereocenters. The Labute approximate surface area is 67.6 Å². The van der Waals surface area contributed by atoms with Crippen molar-refractivity contribution in [3.8, 4) is 5.75 Å². The van der Waals surface area contributed by atoms with Gasteiger partial charge in [-0.1, -0.05) is 11.6 Å². The van der Waals surface area contributed by atoms with Crippen molar-refractivity contribution in [2.75, 3.05) is 0 Å². The van der Waals surface area contributed by atoms with Crippen LogP contribution in [-0.4, -0.2) is 16.0 Å². The van der Waals surface area contributed by atoms with Gasteiger partial charge in [0.25, 0.3) is 5.91 Å². The van der Waals surface area contributed by atoms with Crippen LogP contribution in [-0.2, 0) is 0 Å². The van der Waals surface area contributed by atoms with Crippen LogP contribution < -0.4 is 5.73 Å². The summed E-state index contributed by atoms with van der Waals surface area (Å²) in [5, 5.41) is 8.94. The van der Waals surface area contributed by atoms with Gasteiger partial charge in [0.2, 0.25) is 0 Å². The second kappa shape index (κ2) is 2.75. The number of aromatic nitrogens is 1. The van der Waals surface area contributed by atoms with Gasteiger partial charge in [-0.3, -0.25) is 4.79 Å². The van der Waals surface area contributed by atoms with Gasteiger partial charge in [0, 0.05) is 0 Å². The third-order valence-corrected chi connectivity index (χ3v) is 1.39. The first kappa shape index (κ1) is 7.81. The Bertz CT molecular complexity index is 301. The lowest BCUT2D eigenvalue weighted by molar-refractivity contribution is 0.0995. The van der Waals surface area contributed by atoms with E-state index in [9.17, 15) is 4.79 Å². The smallest absolute Gasteiger partial charge is 0.267 e. The molecule has 1 aromatic rings. The van der Waals surface area contributed by atoms with E-state index in [0.29, 0.717) is 0 Å². The molecule has 1 rings (SSSR count). The summed E-state index contributed by atoms with van der Waals surface area (Å²) in [5.74, 6) is -0.844. The number of nitrogens with two attached hydrogens (primary N) is 1. The number of halogens is 1. The van der Waals surface area contributed by atoms with Crippen molar-refractivity contribution in [1.29, 1.82) is 0 Å². The minimum Gasteiger partial charge on any atom is -0.505 e. The van der Waals surface area contributed by atoms with E-state index in [1.807, 2.05) is 0 Å². The molecule has 1 amide bonds. The van der Waals surface area contributed by atoms with Crippen molar-refractivity contribution in [3.63, 3.8) is 0 Å². The Morgan fingerprint density at radius 3 is 2.82 bits per heavy atom. The van der Waals surface area contributed by atoms with E-state index in [1.165, 1.54) is 6.07 Å². The number of hydrogen-bond acceptors (Lipinski definition) is 3. The maximum atomic E-state index is 10.5. The van der Waals surface area contributed by atoms with E-state index in [4.69, 9.17) is 22.4 Å². The van der Waals surface area contributed by atoms with E-state index >= 15 is 0 Å². The van der Waals surface area contributed by atoms with Gasteiger partial charge < -0.3 is 10.8 Å². The summed E-state index contributed by atoms with van der Waals surface area (Å²) in [4.78, 5) is 14.0.